The number of amides is 1. The van der Waals surface area contributed by atoms with E-state index in [1.54, 1.807) is 54.4 Å². The summed E-state index contributed by atoms with van der Waals surface area (Å²) >= 11 is 6.34. The number of aryl methyl sites for hydroxylation is 1. The van der Waals surface area contributed by atoms with Crippen molar-refractivity contribution >= 4 is 29.3 Å². The summed E-state index contributed by atoms with van der Waals surface area (Å²) in [6.45, 7) is 8.13. The Kier molecular flexibility index (Phi) is 6.99. The van der Waals surface area contributed by atoms with Crippen LogP contribution < -0.4 is 15.8 Å². The Bertz CT molecular complexity index is 1120. The largest absolute Gasteiger partial charge is 0.492 e. The standard InChI is InChI=1S/C23H25ClN4O3/c1-5-6-7-19-14(2)15(3)22(31-19)23(29)27-16-8-9-20(30-11-10-25)17(12-16)21-18(24)13-26-28(21)4/h5-9,12-13H,1,10-11,25H2,2-4H3,(H,27,29)/b7-6-. The lowest BCUT2D eigenvalue weighted by atomic mass is 10.1. The van der Waals surface area contributed by atoms with Crippen molar-refractivity contribution in [2.75, 3.05) is 18.5 Å². The molecular formula is C23H25ClN4O3. The van der Waals surface area contributed by atoms with Gasteiger partial charge in [0.25, 0.3) is 5.91 Å². The normalized spacial score (nSPS) is 11.1. The monoisotopic (exact) mass is 440 g/mol. The Morgan fingerprint density at radius 1 is 1.39 bits per heavy atom. The molecule has 0 aliphatic carbocycles. The first-order valence-electron chi connectivity index (χ1n) is 9.72. The van der Waals surface area contributed by atoms with Crippen LogP contribution in [-0.4, -0.2) is 28.8 Å². The number of ether oxygens (including phenoxy) is 1. The fourth-order valence-corrected chi connectivity index (χ4v) is 3.41. The van der Waals surface area contributed by atoms with Gasteiger partial charge in [-0.05, 0) is 43.7 Å². The molecule has 0 saturated heterocycles. The molecule has 0 bridgehead atoms. The van der Waals surface area contributed by atoms with E-state index in [4.69, 9.17) is 26.5 Å². The molecule has 7 nitrogen and oxygen atoms in total. The maximum absolute atomic E-state index is 12.9. The third-order valence-electron chi connectivity index (χ3n) is 4.84. The van der Waals surface area contributed by atoms with Crippen LogP contribution in [-0.2, 0) is 7.05 Å². The summed E-state index contributed by atoms with van der Waals surface area (Å²) in [5.74, 6) is 1.12. The van der Waals surface area contributed by atoms with Gasteiger partial charge in [0, 0.05) is 30.4 Å². The van der Waals surface area contributed by atoms with Crippen molar-refractivity contribution in [3.8, 4) is 17.0 Å². The molecule has 8 heteroatoms. The van der Waals surface area contributed by atoms with Crippen LogP contribution in [0.5, 0.6) is 5.75 Å². The summed E-state index contributed by atoms with van der Waals surface area (Å²) in [6, 6.07) is 5.31. The highest BCUT2D eigenvalue weighted by Gasteiger charge is 2.20. The van der Waals surface area contributed by atoms with Crippen molar-refractivity contribution in [2.45, 2.75) is 13.8 Å². The molecule has 0 fully saturated rings. The molecule has 2 heterocycles. The second-order valence-electron chi connectivity index (χ2n) is 6.91. The van der Waals surface area contributed by atoms with Crippen LogP contribution in [0.1, 0.15) is 27.4 Å². The van der Waals surface area contributed by atoms with E-state index in [2.05, 4.69) is 17.0 Å². The molecule has 0 aliphatic rings. The van der Waals surface area contributed by atoms with Crippen molar-refractivity contribution < 1.29 is 13.9 Å². The lowest BCUT2D eigenvalue weighted by Crippen LogP contribution is -2.13. The van der Waals surface area contributed by atoms with Crippen molar-refractivity contribution in [2.24, 2.45) is 12.8 Å². The van der Waals surface area contributed by atoms with Crippen molar-refractivity contribution in [1.29, 1.82) is 0 Å². The van der Waals surface area contributed by atoms with Crippen molar-refractivity contribution in [3.05, 3.63) is 70.8 Å². The van der Waals surface area contributed by atoms with Gasteiger partial charge in [0.1, 0.15) is 18.1 Å². The van der Waals surface area contributed by atoms with E-state index in [1.807, 2.05) is 13.8 Å². The van der Waals surface area contributed by atoms with Gasteiger partial charge in [-0.25, -0.2) is 0 Å². The van der Waals surface area contributed by atoms with Crippen LogP contribution in [0.3, 0.4) is 0 Å². The number of rotatable bonds is 8. The molecule has 0 radical (unpaired) electrons. The summed E-state index contributed by atoms with van der Waals surface area (Å²) in [5, 5.41) is 7.55. The number of hydrogen-bond acceptors (Lipinski definition) is 5. The third kappa shape index (κ3) is 4.73. The number of carbonyl (C=O) groups is 1. The van der Waals surface area contributed by atoms with Gasteiger partial charge in [0.2, 0.25) is 0 Å². The highest BCUT2D eigenvalue weighted by Crippen LogP contribution is 2.36. The topological polar surface area (TPSA) is 95.3 Å². The van der Waals surface area contributed by atoms with Crippen LogP contribution in [0.25, 0.3) is 17.3 Å². The van der Waals surface area contributed by atoms with Crippen LogP contribution >= 0.6 is 11.6 Å². The number of benzene rings is 1. The molecule has 3 aromatic rings. The molecule has 0 spiro atoms. The van der Waals surface area contributed by atoms with Gasteiger partial charge < -0.3 is 20.2 Å². The Morgan fingerprint density at radius 3 is 2.81 bits per heavy atom. The first kappa shape index (κ1) is 22.4. The number of allylic oxidation sites excluding steroid dienone is 2. The maximum Gasteiger partial charge on any atom is 0.291 e. The average molecular weight is 441 g/mol. The van der Waals surface area contributed by atoms with E-state index in [-0.39, 0.29) is 11.7 Å². The van der Waals surface area contributed by atoms with Gasteiger partial charge in [-0.15, -0.1) is 0 Å². The first-order chi connectivity index (χ1) is 14.9. The lowest BCUT2D eigenvalue weighted by molar-refractivity contribution is 0.0995. The van der Waals surface area contributed by atoms with Gasteiger partial charge >= 0.3 is 0 Å². The molecular weight excluding hydrogens is 416 g/mol. The number of furan rings is 1. The number of aromatic nitrogens is 2. The average Bonchev–Trinajstić information content (AvgIpc) is 3.23. The number of nitrogens with two attached hydrogens (primary N) is 1. The molecule has 162 valence electrons. The number of nitrogens with one attached hydrogen (secondary N) is 1. The van der Waals surface area contributed by atoms with E-state index in [1.165, 1.54) is 0 Å². The summed E-state index contributed by atoms with van der Waals surface area (Å²) < 4.78 is 13.2. The zero-order valence-electron chi connectivity index (χ0n) is 17.7. The number of anilines is 1. The van der Waals surface area contributed by atoms with Crippen LogP contribution in [0.15, 0.2) is 47.5 Å². The van der Waals surface area contributed by atoms with Crippen LogP contribution in [0, 0.1) is 13.8 Å². The number of carbonyl (C=O) groups excluding carboxylic acids is 1. The van der Waals surface area contributed by atoms with Gasteiger partial charge in [0.05, 0.1) is 16.9 Å². The Morgan fingerprint density at radius 2 is 2.16 bits per heavy atom. The quantitative estimate of drug-likeness (QED) is 0.493. The molecule has 3 N–H and O–H groups in total. The highest BCUT2D eigenvalue weighted by atomic mass is 35.5. The molecule has 0 aliphatic heterocycles. The smallest absolute Gasteiger partial charge is 0.291 e. The van der Waals surface area contributed by atoms with E-state index < -0.39 is 0 Å². The molecule has 3 rings (SSSR count). The summed E-state index contributed by atoms with van der Waals surface area (Å²) in [5.41, 5.74) is 9.18. The fraction of sp³-hybridized carbons (Fsp3) is 0.217. The van der Waals surface area contributed by atoms with Gasteiger partial charge in [-0.1, -0.05) is 30.3 Å². The van der Waals surface area contributed by atoms with Gasteiger partial charge in [-0.3, -0.25) is 9.48 Å². The molecule has 1 amide bonds. The fourth-order valence-electron chi connectivity index (χ4n) is 3.14. The SMILES string of the molecule is C=C/C=C\c1oc(C(=O)Nc2ccc(OCCN)c(-c3c(Cl)cnn3C)c2)c(C)c1C. The van der Waals surface area contributed by atoms with Crippen molar-refractivity contribution in [3.63, 3.8) is 0 Å². The highest BCUT2D eigenvalue weighted by molar-refractivity contribution is 6.33. The van der Waals surface area contributed by atoms with Crippen molar-refractivity contribution in [1.82, 2.24) is 9.78 Å². The molecule has 2 aromatic heterocycles. The molecule has 0 atom stereocenters. The minimum absolute atomic E-state index is 0.254. The molecule has 0 unspecified atom stereocenters. The number of nitrogens with zero attached hydrogens (tertiary/aromatic N) is 2. The second kappa shape index (κ2) is 9.68. The summed E-state index contributed by atoms with van der Waals surface area (Å²) in [6.07, 6.45) is 6.74. The second-order valence-corrected chi connectivity index (χ2v) is 7.31. The van der Waals surface area contributed by atoms with Crippen LogP contribution in [0.2, 0.25) is 5.02 Å². The maximum atomic E-state index is 12.9. The Balaban J connectivity index is 1.95. The predicted octanol–water partition coefficient (Wildman–Crippen LogP) is 4.74. The summed E-state index contributed by atoms with van der Waals surface area (Å²) in [4.78, 5) is 12.9. The van der Waals surface area contributed by atoms with Gasteiger partial charge in [-0.2, -0.15) is 5.10 Å². The zero-order valence-corrected chi connectivity index (χ0v) is 18.5. The lowest BCUT2D eigenvalue weighted by Gasteiger charge is -2.14. The van der Waals surface area contributed by atoms with Crippen LogP contribution in [0.4, 0.5) is 5.69 Å². The summed E-state index contributed by atoms with van der Waals surface area (Å²) in [7, 11) is 1.78. The first-order valence-corrected chi connectivity index (χ1v) is 10.1. The van der Waals surface area contributed by atoms with E-state index in [9.17, 15) is 4.79 Å². The third-order valence-corrected chi connectivity index (χ3v) is 5.11. The zero-order chi connectivity index (χ0) is 22.5. The Labute approximate surface area is 186 Å². The minimum atomic E-state index is -0.350. The Hall–Kier alpha value is -3.29. The molecule has 31 heavy (non-hydrogen) atoms. The number of halogens is 1. The number of hydrogen-bond donors (Lipinski definition) is 2. The predicted molar refractivity (Wildman–Crippen MR) is 124 cm³/mol. The molecule has 1 aromatic carbocycles. The minimum Gasteiger partial charge on any atom is -0.492 e. The molecule has 0 saturated carbocycles. The van der Waals surface area contributed by atoms with E-state index >= 15 is 0 Å². The van der Waals surface area contributed by atoms with E-state index in [0.717, 1.165) is 11.1 Å². The van der Waals surface area contributed by atoms with E-state index in [0.29, 0.717) is 46.6 Å². The van der Waals surface area contributed by atoms with Gasteiger partial charge in [0.15, 0.2) is 5.76 Å².